The first-order chi connectivity index (χ1) is 30.0. The summed E-state index contributed by atoms with van der Waals surface area (Å²) in [5.41, 5.74) is 4.05. The topological polar surface area (TPSA) is 395 Å². The Hall–Kier alpha value is -2.48. The van der Waals surface area contributed by atoms with Crippen LogP contribution in [0.3, 0.4) is 0 Å². The Labute approximate surface area is 374 Å². The van der Waals surface area contributed by atoms with Crippen molar-refractivity contribution in [2.75, 3.05) is 37.8 Å². The van der Waals surface area contributed by atoms with Crippen LogP contribution < -0.4 is 35.9 Å². The molecule has 1 saturated heterocycles. The van der Waals surface area contributed by atoms with E-state index in [-0.39, 0.29) is 47.4 Å². The highest BCUT2D eigenvalue weighted by molar-refractivity contribution is 8.13. The number of nitrogens with two attached hydrogens (primary N) is 1. The number of imidazole rings is 1. The van der Waals surface area contributed by atoms with Gasteiger partial charge >= 0.3 is 0 Å². The van der Waals surface area contributed by atoms with Crippen molar-refractivity contribution in [3.05, 3.63) is 12.7 Å². The number of carbonyl (C=O) groups is 3. The molecule has 366 valence electrons. The van der Waals surface area contributed by atoms with E-state index in [1.165, 1.54) is 52.4 Å². The number of amides is 2. The molecule has 64 heavy (non-hydrogen) atoms. The van der Waals surface area contributed by atoms with Crippen LogP contribution in [0.15, 0.2) is 12.7 Å². The molecular formula is C35H58N7O18P3S-4. The molecule has 3 heterocycles. The second-order valence-corrected chi connectivity index (χ2v) is 20.8. The Bertz CT molecular complexity index is 1960. The molecule has 0 aliphatic carbocycles. The summed E-state index contributed by atoms with van der Waals surface area (Å²) in [6.45, 7) is 2.14. The third kappa shape index (κ3) is 19.0. The van der Waals surface area contributed by atoms with Gasteiger partial charge in [0.05, 0.1) is 27.4 Å². The molecule has 1 aliphatic heterocycles. The quantitative estimate of drug-likeness (QED) is 0.0421. The maximum atomic E-state index is 12.6. The zero-order valence-electron chi connectivity index (χ0n) is 35.7. The van der Waals surface area contributed by atoms with Crippen LogP contribution in [-0.4, -0.2) is 114 Å². The Morgan fingerprint density at radius 3 is 2.20 bits per heavy atom. The number of fused-ring (bicyclic) bond motifs is 1. The number of rotatable bonds is 31. The van der Waals surface area contributed by atoms with Crippen LogP contribution in [0.1, 0.15) is 104 Å². The highest BCUT2D eigenvalue weighted by Gasteiger charge is 2.47. The smallest absolute Gasteiger partial charge is 0.274 e. The lowest BCUT2D eigenvalue weighted by Crippen LogP contribution is -2.46. The minimum absolute atomic E-state index is 0.0245. The van der Waals surface area contributed by atoms with Gasteiger partial charge in [0, 0.05) is 30.7 Å². The molecule has 2 amide bonds. The van der Waals surface area contributed by atoms with Gasteiger partial charge in [-0.25, -0.2) is 19.3 Å². The highest BCUT2D eigenvalue weighted by atomic mass is 32.2. The molecule has 2 aromatic rings. The van der Waals surface area contributed by atoms with Crippen LogP contribution in [0.5, 0.6) is 0 Å². The molecule has 1 fully saturated rings. The molecule has 0 radical (unpaired) electrons. The number of thioether (sulfide) groups is 1. The normalized spacial score (nSPS) is 21.0. The average Bonchev–Trinajstić information content (AvgIpc) is 3.78. The number of nitrogens with zero attached hydrogens (tertiary/aromatic N) is 4. The third-order valence-corrected chi connectivity index (χ3v) is 13.8. The first-order valence-corrected chi connectivity index (χ1v) is 26.0. The fourth-order valence-corrected chi connectivity index (χ4v) is 9.75. The van der Waals surface area contributed by atoms with Gasteiger partial charge in [0.25, 0.3) is 15.6 Å². The molecule has 25 nitrogen and oxygen atoms in total. The molecule has 0 bridgehead atoms. The van der Waals surface area contributed by atoms with E-state index in [1.54, 1.807) is 0 Å². The van der Waals surface area contributed by atoms with E-state index in [0.29, 0.717) is 6.42 Å². The first kappa shape index (κ1) is 55.8. The van der Waals surface area contributed by atoms with Crippen molar-refractivity contribution >= 4 is 69.1 Å². The van der Waals surface area contributed by atoms with Gasteiger partial charge in [-0.1, -0.05) is 96.7 Å². The number of aliphatic hydroxyl groups excluding tert-OH is 3. The van der Waals surface area contributed by atoms with Gasteiger partial charge in [-0.15, -0.1) is 0 Å². The lowest BCUT2D eigenvalue weighted by atomic mass is 9.87. The van der Waals surface area contributed by atoms with Gasteiger partial charge in [-0.3, -0.25) is 28.1 Å². The predicted octanol–water partition coefficient (Wildman–Crippen LogP) is -0.191. The number of phosphoric acid groups is 3. The summed E-state index contributed by atoms with van der Waals surface area (Å²) in [7, 11) is -17.6. The highest BCUT2D eigenvalue weighted by Crippen LogP contribution is 2.56. The molecular weight excluding hydrogens is 931 g/mol. The lowest BCUT2D eigenvalue weighted by molar-refractivity contribution is -0.347. The van der Waals surface area contributed by atoms with Crippen molar-refractivity contribution in [1.29, 1.82) is 0 Å². The predicted molar refractivity (Wildman–Crippen MR) is 221 cm³/mol. The molecule has 0 aromatic carbocycles. The maximum absolute atomic E-state index is 12.6. The van der Waals surface area contributed by atoms with E-state index in [2.05, 4.69) is 50.4 Å². The van der Waals surface area contributed by atoms with E-state index in [9.17, 15) is 63.0 Å². The summed E-state index contributed by atoms with van der Waals surface area (Å²) in [6.07, 6.45) is 2.97. The zero-order chi connectivity index (χ0) is 47.7. The number of aliphatic hydroxyl groups is 3. The number of hydrogen-bond donors (Lipinski definition) is 6. The van der Waals surface area contributed by atoms with Crippen LogP contribution in [0, 0.1) is 5.41 Å². The van der Waals surface area contributed by atoms with Crippen LogP contribution in [0.4, 0.5) is 5.82 Å². The Balaban J connectivity index is 1.36. The van der Waals surface area contributed by atoms with Crippen LogP contribution in [-0.2, 0) is 50.7 Å². The van der Waals surface area contributed by atoms with Crippen LogP contribution in [0.2, 0.25) is 0 Å². The van der Waals surface area contributed by atoms with Crippen LogP contribution >= 0.6 is 35.2 Å². The van der Waals surface area contributed by atoms with Gasteiger partial charge in [0.2, 0.25) is 16.9 Å². The van der Waals surface area contributed by atoms with E-state index in [0.717, 1.165) is 54.7 Å². The minimum Gasteiger partial charge on any atom is -0.790 e. The first-order valence-electron chi connectivity index (χ1n) is 20.6. The molecule has 0 saturated carbocycles. The Morgan fingerprint density at radius 2 is 1.56 bits per heavy atom. The standard InChI is InChI=1S/C35H62N7O18P3S/c1-4-5-6-7-8-9-10-11-12-13-14-23(43)34(48)64-18-17-37-25(44)15-16-38-32(47)29(46)35(2,3)20-57-63(54,55)60-62(52,53)56-19-24-28(59-61(49,50)51)27(45)33(58-24)42-22-41-26-30(36)39-21-40-31(26)42/h21-24,27-29,33,43,45-46H,4-20H2,1-3H3,(H,37,44)(H,38,47)(H,52,53)(H,54,55)(H2,36,39,40)(H2,49,50,51)/p-4/t23?,24-,27-,28-,29+,33-/m1/s1. The summed E-state index contributed by atoms with van der Waals surface area (Å²) in [6, 6.07) is 0. The number of nitrogen functional groups attached to an aromatic ring is 1. The maximum Gasteiger partial charge on any atom is 0.274 e. The number of phosphoric ester groups is 3. The Kier molecular flexibility index (Phi) is 22.8. The fourth-order valence-electron chi connectivity index (χ4n) is 6.30. The number of unbranched alkanes of at least 4 members (excludes halogenated alkanes) is 9. The number of hydrogen-bond acceptors (Lipinski definition) is 23. The number of nitrogens with one attached hydrogen (secondary N) is 2. The summed E-state index contributed by atoms with van der Waals surface area (Å²) >= 11 is 0.898. The van der Waals surface area contributed by atoms with Crippen molar-refractivity contribution < 1.29 is 85.6 Å². The minimum atomic E-state index is -5.93. The zero-order valence-corrected chi connectivity index (χ0v) is 39.2. The molecule has 8 atom stereocenters. The lowest BCUT2D eigenvalue weighted by Gasteiger charge is -2.36. The van der Waals surface area contributed by atoms with E-state index < -0.39 is 90.7 Å². The van der Waals surface area contributed by atoms with E-state index >= 15 is 0 Å². The van der Waals surface area contributed by atoms with Gasteiger partial charge in [0.1, 0.15) is 42.4 Å². The molecule has 3 unspecified atom stereocenters. The van der Waals surface area contributed by atoms with Crippen molar-refractivity contribution in [3.8, 4) is 0 Å². The molecule has 2 aromatic heterocycles. The van der Waals surface area contributed by atoms with Crippen molar-refractivity contribution in [2.24, 2.45) is 5.41 Å². The van der Waals surface area contributed by atoms with Gasteiger partial charge < -0.3 is 74.1 Å². The third-order valence-electron chi connectivity index (χ3n) is 9.82. The van der Waals surface area contributed by atoms with Gasteiger partial charge in [-0.05, 0) is 6.42 Å². The monoisotopic (exact) mass is 989 g/mol. The van der Waals surface area contributed by atoms with Crippen molar-refractivity contribution in [1.82, 2.24) is 30.2 Å². The SMILES string of the molecule is CCCCCCCCCCCCC(O)C(=O)SCCNC(=O)CCNC(=O)[C@H](O)C(C)(C)COP(=O)([O-])OP(=O)([O-])OC[C@H]1O[C@@H](n2cnc3c(N)ncnc32)[C@H](O)[C@@H]1OP(=O)([O-])[O-]. The Morgan fingerprint density at radius 1 is 0.938 bits per heavy atom. The summed E-state index contributed by atoms with van der Waals surface area (Å²) in [4.78, 5) is 96.7. The van der Waals surface area contributed by atoms with E-state index in [4.69, 9.17) is 10.5 Å². The molecule has 29 heteroatoms. The van der Waals surface area contributed by atoms with Crippen molar-refractivity contribution in [3.63, 3.8) is 0 Å². The van der Waals surface area contributed by atoms with Crippen LogP contribution in [0.25, 0.3) is 11.2 Å². The fraction of sp³-hybridized carbons (Fsp3) is 0.771. The molecule has 0 spiro atoms. The summed E-state index contributed by atoms with van der Waals surface area (Å²) < 4.78 is 60.7. The van der Waals surface area contributed by atoms with Gasteiger partial charge in [-0.2, -0.15) is 0 Å². The molecule has 3 rings (SSSR count). The number of ether oxygens (including phenoxy) is 1. The van der Waals surface area contributed by atoms with E-state index in [1.807, 2.05) is 0 Å². The van der Waals surface area contributed by atoms with Gasteiger partial charge in [0.15, 0.2) is 17.7 Å². The van der Waals surface area contributed by atoms with Crippen molar-refractivity contribution in [2.45, 2.75) is 135 Å². The second kappa shape index (κ2) is 26.2. The number of carbonyl (C=O) groups excluding carboxylic acids is 3. The number of anilines is 1. The average molecular weight is 990 g/mol. The number of aromatic nitrogens is 4. The summed E-state index contributed by atoms with van der Waals surface area (Å²) in [5, 5.41) is 36.1. The molecule has 7 N–H and O–H groups in total. The second-order valence-electron chi connectivity index (χ2n) is 15.6. The largest absolute Gasteiger partial charge is 0.790 e. The molecule has 1 aliphatic rings. The summed E-state index contributed by atoms with van der Waals surface area (Å²) in [5.74, 6) is -1.40.